The van der Waals surface area contributed by atoms with Crippen LogP contribution in [0.15, 0.2) is 28.8 Å². The Morgan fingerprint density at radius 3 is 2.42 bits per heavy atom. The summed E-state index contributed by atoms with van der Waals surface area (Å²) in [6, 6.07) is 5.55. The zero-order valence-corrected chi connectivity index (χ0v) is 23.4. The maximum Gasteiger partial charge on any atom is 0.405 e. The fourth-order valence-corrected chi connectivity index (χ4v) is 5.51. The molecule has 2 saturated heterocycles. The van der Waals surface area contributed by atoms with Crippen molar-refractivity contribution in [3.8, 4) is 5.75 Å². The van der Waals surface area contributed by atoms with Crippen molar-refractivity contribution >= 4 is 23.9 Å². The number of carboxylic acid groups (broad SMARTS) is 1. The highest BCUT2D eigenvalue weighted by atomic mass is 16.5. The molecule has 2 aromatic rings. The van der Waals surface area contributed by atoms with Gasteiger partial charge in [-0.25, -0.2) is 4.79 Å². The Morgan fingerprint density at radius 1 is 1.12 bits per heavy atom. The SMILES string of the molecule is CC(C)c1noc(N2CCC([C@H](C)CCOc3ccc([C@H](NC(=O)O)C(=O)N4CCC[C@H]4C(N)=O)cc3)CC2)n1. The van der Waals surface area contributed by atoms with Crippen LogP contribution in [-0.4, -0.2) is 70.3 Å². The van der Waals surface area contributed by atoms with E-state index in [2.05, 4.69) is 27.3 Å². The van der Waals surface area contributed by atoms with Crippen molar-refractivity contribution in [3.05, 3.63) is 35.7 Å². The molecule has 0 aliphatic carbocycles. The largest absolute Gasteiger partial charge is 0.494 e. The summed E-state index contributed by atoms with van der Waals surface area (Å²) in [4.78, 5) is 44.4. The van der Waals surface area contributed by atoms with Gasteiger partial charge >= 0.3 is 12.1 Å². The molecule has 1 aromatic carbocycles. The van der Waals surface area contributed by atoms with Gasteiger partial charge in [0, 0.05) is 25.6 Å². The van der Waals surface area contributed by atoms with Crippen molar-refractivity contribution in [3.63, 3.8) is 0 Å². The quantitative estimate of drug-likeness (QED) is 0.377. The van der Waals surface area contributed by atoms with Gasteiger partial charge < -0.3 is 35.2 Å². The first-order valence-corrected chi connectivity index (χ1v) is 14.0. The van der Waals surface area contributed by atoms with Crippen LogP contribution in [0.3, 0.4) is 0 Å². The first-order valence-electron chi connectivity index (χ1n) is 14.0. The molecule has 0 unspecified atom stereocenters. The zero-order chi connectivity index (χ0) is 28.8. The number of carbonyl (C=O) groups excluding carboxylic acids is 2. The van der Waals surface area contributed by atoms with E-state index in [0.717, 1.165) is 38.2 Å². The third kappa shape index (κ3) is 7.02. The third-order valence-electron chi connectivity index (χ3n) is 8.00. The number of amides is 3. The highest BCUT2D eigenvalue weighted by molar-refractivity contribution is 5.91. The van der Waals surface area contributed by atoms with Gasteiger partial charge in [-0.15, -0.1) is 0 Å². The number of hydrogen-bond acceptors (Lipinski definition) is 8. The highest BCUT2D eigenvalue weighted by Crippen LogP contribution is 2.30. The van der Waals surface area contributed by atoms with Crippen LogP contribution in [-0.2, 0) is 9.59 Å². The van der Waals surface area contributed by atoms with E-state index >= 15 is 0 Å². The molecule has 2 fully saturated rings. The Morgan fingerprint density at radius 2 is 1.82 bits per heavy atom. The van der Waals surface area contributed by atoms with Gasteiger partial charge in [-0.1, -0.05) is 38.1 Å². The van der Waals surface area contributed by atoms with Crippen molar-refractivity contribution in [1.82, 2.24) is 20.4 Å². The number of benzene rings is 1. The van der Waals surface area contributed by atoms with Gasteiger partial charge in [0.25, 0.3) is 5.91 Å². The monoisotopic (exact) mass is 556 g/mol. The minimum Gasteiger partial charge on any atom is -0.494 e. The molecule has 2 aliphatic heterocycles. The average Bonchev–Trinajstić information content (AvgIpc) is 3.63. The molecule has 3 amide bonds. The fraction of sp³-hybridized carbons (Fsp3) is 0.607. The molecule has 3 atom stereocenters. The number of piperidine rings is 1. The first kappa shape index (κ1) is 29.2. The van der Waals surface area contributed by atoms with E-state index in [-0.39, 0.29) is 5.92 Å². The summed E-state index contributed by atoms with van der Waals surface area (Å²) in [6.45, 7) is 9.03. The second-order valence-electron chi connectivity index (χ2n) is 11.1. The summed E-state index contributed by atoms with van der Waals surface area (Å²) in [5.74, 6) is 1.60. The summed E-state index contributed by atoms with van der Waals surface area (Å²) in [7, 11) is 0. The summed E-state index contributed by atoms with van der Waals surface area (Å²) in [5.41, 5.74) is 5.91. The lowest BCUT2D eigenvalue weighted by Crippen LogP contribution is -2.48. The van der Waals surface area contributed by atoms with Crippen LogP contribution in [0.5, 0.6) is 5.75 Å². The molecule has 0 saturated carbocycles. The van der Waals surface area contributed by atoms with E-state index in [1.54, 1.807) is 24.3 Å². The predicted molar refractivity (Wildman–Crippen MR) is 147 cm³/mol. The summed E-state index contributed by atoms with van der Waals surface area (Å²) in [6.07, 6.45) is 2.79. The molecule has 2 aliphatic rings. The molecule has 4 rings (SSSR count). The maximum absolute atomic E-state index is 13.2. The van der Waals surface area contributed by atoms with Gasteiger partial charge in [-0.05, 0) is 61.6 Å². The molecule has 0 spiro atoms. The van der Waals surface area contributed by atoms with Crippen molar-refractivity contribution in [2.45, 2.75) is 70.9 Å². The van der Waals surface area contributed by atoms with Crippen LogP contribution < -0.4 is 20.7 Å². The minimum absolute atomic E-state index is 0.238. The number of aromatic nitrogens is 2. The number of likely N-dealkylation sites (tertiary alicyclic amines) is 1. The molecule has 1 aromatic heterocycles. The number of rotatable bonds is 11. The Bertz CT molecular complexity index is 1160. The van der Waals surface area contributed by atoms with Gasteiger partial charge in [0.15, 0.2) is 5.82 Å². The Hall–Kier alpha value is -3.83. The van der Waals surface area contributed by atoms with Crippen LogP contribution in [0.1, 0.15) is 76.2 Å². The molecular weight excluding hydrogens is 516 g/mol. The molecule has 12 nitrogen and oxygen atoms in total. The normalized spacial score (nSPS) is 19.4. The molecule has 0 radical (unpaired) electrons. The summed E-state index contributed by atoms with van der Waals surface area (Å²) < 4.78 is 11.4. The maximum atomic E-state index is 13.2. The smallest absolute Gasteiger partial charge is 0.405 e. The number of anilines is 1. The topological polar surface area (TPSA) is 164 Å². The van der Waals surface area contributed by atoms with Crippen molar-refractivity contribution < 1.29 is 28.8 Å². The van der Waals surface area contributed by atoms with E-state index in [4.69, 9.17) is 15.0 Å². The molecular formula is C28H40N6O6. The van der Waals surface area contributed by atoms with Crippen LogP contribution in [0.25, 0.3) is 0 Å². The second kappa shape index (κ2) is 13.0. The first-order chi connectivity index (χ1) is 19.1. The van der Waals surface area contributed by atoms with Crippen molar-refractivity contribution in [2.24, 2.45) is 17.6 Å². The average molecular weight is 557 g/mol. The fourth-order valence-electron chi connectivity index (χ4n) is 5.51. The molecule has 40 heavy (non-hydrogen) atoms. The Balaban J connectivity index is 1.26. The van der Waals surface area contributed by atoms with Gasteiger partial charge in [-0.3, -0.25) is 9.59 Å². The number of hydrogen-bond donors (Lipinski definition) is 3. The van der Waals surface area contributed by atoms with E-state index in [0.29, 0.717) is 55.2 Å². The van der Waals surface area contributed by atoms with Gasteiger partial charge in [-0.2, -0.15) is 4.98 Å². The number of ether oxygens (including phenoxy) is 1. The Labute approximate surface area is 234 Å². The zero-order valence-electron chi connectivity index (χ0n) is 23.4. The second-order valence-corrected chi connectivity index (χ2v) is 11.1. The molecule has 4 N–H and O–H groups in total. The van der Waals surface area contributed by atoms with E-state index in [9.17, 15) is 19.5 Å². The summed E-state index contributed by atoms with van der Waals surface area (Å²) in [5, 5.41) is 15.7. The predicted octanol–water partition coefficient (Wildman–Crippen LogP) is 3.30. The lowest BCUT2D eigenvalue weighted by Gasteiger charge is -2.33. The van der Waals surface area contributed by atoms with Crippen LogP contribution in [0.4, 0.5) is 10.8 Å². The van der Waals surface area contributed by atoms with E-state index in [1.165, 1.54) is 4.90 Å². The van der Waals surface area contributed by atoms with Gasteiger partial charge in [0.2, 0.25) is 5.91 Å². The number of nitrogens with two attached hydrogens (primary N) is 1. The van der Waals surface area contributed by atoms with E-state index < -0.39 is 30.0 Å². The lowest BCUT2D eigenvalue weighted by molar-refractivity contribution is -0.139. The summed E-state index contributed by atoms with van der Waals surface area (Å²) >= 11 is 0. The third-order valence-corrected chi connectivity index (χ3v) is 8.00. The minimum atomic E-state index is -1.33. The lowest BCUT2D eigenvalue weighted by atomic mass is 9.84. The molecule has 12 heteroatoms. The molecule has 218 valence electrons. The van der Waals surface area contributed by atoms with Crippen LogP contribution in [0, 0.1) is 11.8 Å². The molecule has 0 bridgehead atoms. The number of nitrogens with zero attached hydrogens (tertiary/aromatic N) is 4. The number of carbonyl (C=O) groups is 3. The van der Waals surface area contributed by atoms with Crippen LogP contribution >= 0.6 is 0 Å². The van der Waals surface area contributed by atoms with Gasteiger partial charge in [0.05, 0.1) is 6.61 Å². The highest BCUT2D eigenvalue weighted by Gasteiger charge is 2.37. The van der Waals surface area contributed by atoms with Crippen molar-refractivity contribution in [1.29, 1.82) is 0 Å². The van der Waals surface area contributed by atoms with Crippen molar-refractivity contribution in [2.75, 3.05) is 31.1 Å². The van der Waals surface area contributed by atoms with Gasteiger partial charge in [0.1, 0.15) is 17.8 Å². The van der Waals surface area contributed by atoms with E-state index in [1.807, 2.05) is 13.8 Å². The molecule has 3 heterocycles. The standard InChI is InChI=1S/C28H40N6O6/c1-17(2)25-31-27(40-32-25)33-14-10-19(11-15-33)18(3)12-16-39-21-8-6-20(7-9-21)23(30-28(37)38)26(36)34-13-4-5-22(34)24(29)35/h6-9,17-19,22-23,30H,4-5,10-16H2,1-3H3,(H2,29,35)(H,37,38)/t18-,22+,23+/m1/s1. The Kier molecular flexibility index (Phi) is 9.49. The number of primary amides is 1. The van der Waals surface area contributed by atoms with Crippen LogP contribution in [0.2, 0.25) is 0 Å². The number of nitrogens with one attached hydrogen (secondary N) is 1.